The van der Waals surface area contributed by atoms with Crippen molar-refractivity contribution in [3.05, 3.63) is 66.2 Å². The minimum absolute atomic E-state index is 0.0912. The van der Waals surface area contributed by atoms with Crippen LogP contribution in [0.5, 0.6) is 0 Å². The smallest absolute Gasteiger partial charge is 0.240 e. The van der Waals surface area contributed by atoms with Crippen molar-refractivity contribution in [3.63, 3.8) is 0 Å². The molecule has 0 saturated heterocycles. The van der Waals surface area contributed by atoms with E-state index < -0.39 is 0 Å². The molecule has 5 nitrogen and oxygen atoms in total. The summed E-state index contributed by atoms with van der Waals surface area (Å²) in [5, 5.41) is 6.90. The lowest BCUT2D eigenvalue weighted by Gasteiger charge is -2.06. The first kappa shape index (κ1) is 17.4. The number of nitrogens with zero attached hydrogens (tertiary/aromatic N) is 1. The summed E-state index contributed by atoms with van der Waals surface area (Å²) in [6.45, 7) is 1.98. The minimum Gasteiger partial charge on any atom is -0.326 e. The minimum atomic E-state index is -0.278. The van der Waals surface area contributed by atoms with Crippen molar-refractivity contribution in [3.8, 4) is 0 Å². The van der Waals surface area contributed by atoms with Crippen LogP contribution in [0.15, 0.2) is 65.8 Å². The Morgan fingerprint density at radius 3 is 2.08 bits per heavy atom. The predicted molar refractivity (Wildman–Crippen MR) is 95.7 cm³/mol. The van der Waals surface area contributed by atoms with Gasteiger partial charge in [0.05, 0.1) is 5.71 Å². The molecule has 0 aliphatic heterocycles. The number of carbonyl (C=O) groups excluding carboxylic acids is 2. The SMILES string of the molecule is CC/C(=N/NC(=O)CCC(=O)Nc1ccccc1)c1ccccc1. The molecule has 24 heavy (non-hydrogen) atoms. The van der Waals surface area contributed by atoms with E-state index >= 15 is 0 Å². The molecule has 2 N–H and O–H groups in total. The highest BCUT2D eigenvalue weighted by molar-refractivity contribution is 6.01. The van der Waals surface area contributed by atoms with Crippen LogP contribution in [0, 0.1) is 0 Å². The highest BCUT2D eigenvalue weighted by Gasteiger charge is 2.07. The van der Waals surface area contributed by atoms with Gasteiger partial charge in [0.1, 0.15) is 0 Å². The van der Waals surface area contributed by atoms with Gasteiger partial charge in [0, 0.05) is 18.5 Å². The van der Waals surface area contributed by atoms with Crippen molar-refractivity contribution in [2.75, 3.05) is 5.32 Å². The zero-order valence-electron chi connectivity index (χ0n) is 13.7. The number of hydrazone groups is 1. The molecule has 0 spiro atoms. The second-order valence-electron chi connectivity index (χ2n) is 5.23. The summed E-state index contributed by atoms with van der Waals surface area (Å²) in [5.41, 5.74) is 5.02. The maximum absolute atomic E-state index is 11.9. The van der Waals surface area contributed by atoms with Crippen LogP contribution < -0.4 is 10.7 Å². The van der Waals surface area contributed by atoms with E-state index in [0.717, 1.165) is 17.0 Å². The van der Waals surface area contributed by atoms with Gasteiger partial charge in [-0.15, -0.1) is 0 Å². The Kier molecular flexibility index (Phi) is 6.71. The van der Waals surface area contributed by atoms with Crippen LogP contribution in [0.4, 0.5) is 5.69 Å². The molecule has 2 rings (SSSR count). The number of benzene rings is 2. The van der Waals surface area contributed by atoms with Crippen LogP contribution >= 0.6 is 0 Å². The van der Waals surface area contributed by atoms with Gasteiger partial charge in [-0.2, -0.15) is 5.10 Å². The molecule has 0 bridgehead atoms. The quantitative estimate of drug-likeness (QED) is 0.606. The third-order valence-corrected chi connectivity index (χ3v) is 3.39. The number of amides is 2. The van der Waals surface area contributed by atoms with E-state index in [-0.39, 0.29) is 24.7 Å². The molecule has 0 saturated carbocycles. The van der Waals surface area contributed by atoms with Gasteiger partial charge in [0.25, 0.3) is 0 Å². The van der Waals surface area contributed by atoms with Crippen LogP contribution in [0.25, 0.3) is 0 Å². The molecule has 0 aliphatic carbocycles. The molecule has 0 radical (unpaired) electrons. The molecule has 0 unspecified atom stereocenters. The second-order valence-corrected chi connectivity index (χ2v) is 5.23. The lowest BCUT2D eigenvalue weighted by Crippen LogP contribution is -2.22. The zero-order chi connectivity index (χ0) is 17.2. The number of hydrogen-bond acceptors (Lipinski definition) is 3. The van der Waals surface area contributed by atoms with E-state index in [1.807, 2.05) is 55.5 Å². The maximum atomic E-state index is 11.9. The van der Waals surface area contributed by atoms with Crippen LogP contribution in [0.2, 0.25) is 0 Å². The van der Waals surface area contributed by atoms with Gasteiger partial charge in [0.15, 0.2) is 0 Å². The summed E-state index contributed by atoms with van der Waals surface area (Å²) in [4.78, 5) is 23.7. The van der Waals surface area contributed by atoms with E-state index in [1.165, 1.54) is 0 Å². The number of anilines is 1. The first-order valence-corrected chi connectivity index (χ1v) is 7.94. The van der Waals surface area contributed by atoms with Crippen LogP contribution in [-0.2, 0) is 9.59 Å². The summed E-state index contributed by atoms with van der Waals surface area (Å²) in [6, 6.07) is 18.8. The fourth-order valence-corrected chi connectivity index (χ4v) is 2.14. The highest BCUT2D eigenvalue weighted by Crippen LogP contribution is 2.06. The highest BCUT2D eigenvalue weighted by atomic mass is 16.2. The first-order valence-electron chi connectivity index (χ1n) is 7.94. The van der Waals surface area contributed by atoms with Gasteiger partial charge >= 0.3 is 0 Å². The van der Waals surface area contributed by atoms with Crippen molar-refractivity contribution in [1.29, 1.82) is 0 Å². The van der Waals surface area contributed by atoms with Gasteiger partial charge in [-0.25, -0.2) is 5.43 Å². The molecule has 124 valence electrons. The molecule has 5 heteroatoms. The van der Waals surface area contributed by atoms with E-state index in [2.05, 4.69) is 15.8 Å². The molecule has 0 aromatic heterocycles. The normalized spacial score (nSPS) is 11.0. The average molecular weight is 323 g/mol. The second kappa shape index (κ2) is 9.25. The first-order chi connectivity index (χ1) is 11.7. The lowest BCUT2D eigenvalue weighted by atomic mass is 10.1. The summed E-state index contributed by atoms with van der Waals surface area (Å²) in [7, 11) is 0. The third kappa shape index (κ3) is 5.68. The van der Waals surface area contributed by atoms with Gasteiger partial charge < -0.3 is 5.32 Å². The Bertz CT molecular complexity index is 697. The molecule has 0 aliphatic rings. The predicted octanol–water partition coefficient (Wildman–Crippen LogP) is 3.34. The van der Waals surface area contributed by atoms with Gasteiger partial charge in [-0.05, 0) is 24.1 Å². The maximum Gasteiger partial charge on any atom is 0.240 e. The van der Waals surface area contributed by atoms with Gasteiger partial charge in [-0.1, -0.05) is 55.5 Å². The zero-order valence-corrected chi connectivity index (χ0v) is 13.7. The third-order valence-electron chi connectivity index (χ3n) is 3.39. The summed E-state index contributed by atoms with van der Waals surface area (Å²) >= 11 is 0. The topological polar surface area (TPSA) is 70.6 Å². The molecular weight excluding hydrogens is 302 g/mol. The summed E-state index contributed by atoms with van der Waals surface area (Å²) < 4.78 is 0. The van der Waals surface area contributed by atoms with Gasteiger partial charge in [-0.3, -0.25) is 9.59 Å². The Morgan fingerprint density at radius 2 is 1.46 bits per heavy atom. The summed E-state index contributed by atoms with van der Waals surface area (Å²) in [6.07, 6.45) is 0.912. The van der Waals surface area contributed by atoms with Crippen molar-refractivity contribution in [2.45, 2.75) is 26.2 Å². The number of hydrogen-bond donors (Lipinski definition) is 2. The summed E-state index contributed by atoms with van der Waals surface area (Å²) in [5.74, 6) is -0.473. The van der Waals surface area contributed by atoms with Crippen LogP contribution in [-0.4, -0.2) is 17.5 Å². The van der Waals surface area contributed by atoms with E-state index in [4.69, 9.17) is 0 Å². The van der Waals surface area contributed by atoms with Crippen molar-refractivity contribution >= 4 is 23.2 Å². The average Bonchev–Trinajstić information content (AvgIpc) is 2.62. The molecule has 0 fully saturated rings. The molecular formula is C19H21N3O2. The number of nitrogens with one attached hydrogen (secondary N) is 2. The monoisotopic (exact) mass is 323 g/mol. The lowest BCUT2D eigenvalue weighted by molar-refractivity contribution is -0.124. The fraction of sp³-hybridized carbons (Fsp3) is 0.211. The molecule has 2 amide bonds. The Hall–Kier alpha value is -2.95. The molecule has 0 heterocycles. The largest absolute Gasteiger partial charge is 0.326 e. The Morgan fingerprint density at radius 1 is 0.875 bits per heavy atom. The number of rotatable bonds is 7. The molecule has 2 aromatic rings. The van der Waals surface area contributed by atoms with E-state index in [1.54, 1.807) is 12.1 Å². The van der Waals surface area contributed by atoms with Crippen LogP contribution in [0.1, 0.15) is 31.7 Å². The Balaban J connectivity index is 1.80. The standard InChI is InChI=1S/C19H21N3O2/c1-2-17(15-9-5-3-6-10-15)21-22-19(24)14-13-18(23)20-16-11-7-4-8-12-16/h3-12H,2,13-14H2,1H3,(H,20,23)(H,22,24)/b21-17-. The van der Waals surface area contributed by atoms with E-state index in [9.17, 15) is 9.59 Å². The van der Waals surface area contributed by atoms with Gasteiger partial charge in [0.2, 0.25) is 11.8 Å². The molecule has 2 aromatic carbocycles. The Labute approximate surface area is 141 Å². The van der Waals surface area contributed by atoms with E-state index in [0.29, 0.717) is 6.42 Å². The van der Waals surface area contributed by atoms with Crippen LogP contribution in [0.3, 0.4) is 0 Å². The fourth-order valence-electron chi connectivity index (χ4n) is 2.14. The number of carbonyl (C=O) groups is 2. The molecule has 0 atom stereocenters. The number of para-hydroxylation sites is 1. The van der Waals surface area contributed by atoms with Crippen molar-refractivity contribution < 1.29 is 9.59 Å². The van der Waals surface area contributed by atoms with Crippen molar-refractivity contribution in [2.24, 2.45) is 5.10 Å². The van der Waals surface area contributed by atoms with Crippen molar-refractivity contribution in [1.82, 2.24) is 5.43 Å².